The van der Waals surface area contributed by atoms with E-state index in [1.54, 1.807) is 6.92 Å². The molecule has 1 fully saturated rings. The lowest BCUT2D eigenvalue weighted by Crippen LogP contribution is -2.24. The normalized spacial score (nSPS) is 16.9. The van der Waals surface area contributed by atoms with Gasteiger partial charge in [0.2, 0.25) is 0 Å². The standard InChI is InChI=1S/C11H16N2O3S/c1-3-12(8-4-5-8)11-9(13(15)16)6-10(17-11)7(2)14/h6-8,14H,3-5H2,1-2H3/t7-/m1/s1. The van der Waals surface area contributed by atoms with E-state index in [0.29, 0.717) is 15.9 Å². The van der Waals surface area contributed by atoms with Crippen molar-refractivity contribution >= 4 is 22.0 Å². The first kappa shape index (κ1) is 12.3. The Kier molecular flexibility index (Phi) is 3.35. The summed E-state index contributed by atoms with van der Waals surface area (Å²) in [7, 11) is 0. The van der Waals surface area contributed by atoms with E-state index < -0.39 is 6.10 Å². The lowest BCUT2D eigenvalue weighted by molar-refractivity contribution is -0.383. The van der Waals surface area contributed by atoms with Gasteiger partial charge in [-0.3, -0.25) is 10.1 Å². The third-order valence-electron chi connectivity index (χ3n) is 2.91. The van der Waals surface area contributed by atoms with Gasteiger partial charge < -0.3 is 10.0 Å². The van der Waals surface area contributed by atoms with E-state index in [9.17, 15) is 15.2 Å². The molecule has 0 aromatic carbocycles. The number of thiophene rings is 1. The summed E-state index contributed by atoms with van der Waals surface area (Å²) in [6.45, 7) is 4.40. The Hall–Kier alpha value is -1.14. The molecule has 94 valence electrons. The van der Waals surface area contributed by atoms with Crippen LogP contribution in [0.4, 0.5) is 10.7 Å². The lowest BCUT2D eigenvalue weighted by atomic mass is 10.3. The number of aliphatic hydroxyl groups excluding tert-OH is 1. The Morgan fingerprint density at radius 2 is 2.35 bits per heavy atom. The molecule has 0 radical (unpaired) electrons. The maximum atomic E-state index is 11.0. The molecule has 0 bridgehead atoms. The fourth-order valence-corrected chi connectivity index (χ4v) is 3.08. The highest BCUT2D eigenvalue weighted by molar-refractivity contribution is 7.16. The number of hydrogen-bond donors (Lipinski definition) is 1. The first-order valence-corrected chi connectivity index (χ1v) is 6.59. The van der Waals surface area contributed by atoms with Crippen molar-refractivity contribution < 1.29 is 10.0 Å². The fourth-order valence-electron chi connectivity index (χ4n) is 1.89. The summed E-state index contributed by atoms with van der Waals surface area (Å²) in [5.41, 5.74) is 0.125. The maximum Gasteiger partial charge on any atom is 0.304 e. The Bertz CT molecular complexity index is 426. The van der Waals surface area contributed by atoms with Crippen molar-refractivity contribution in [2.45, 2.75) is 38.8 Å². The first-order valence-electron chi connectivity index (χ1n) is 5.77. The van der Waals surface area contributed by atoms with Crippen LogP contribution in [0.1, 0.15) is 37.7 Å². The number of anilines is 1. The van der Waals surface area contributed by atoms with Crippen molar-refractivity contribution in [2.24, 2.45) is 0 Å². The molecule has 0 saturated heterocycles. The smallest absolute Gasteiger partial charge is 0.304 e. The van der Waals surface area contributed by atoms with Crippen LogP contribution in [0.5, 0.6) is 0 Å². The number of nitro groups is 1. The van der Waals surface area contributed by atoms with Crippen molar-refractivity contribution in [3.05, 3.63) is 21.1 Å². The number of aliphatic hydroxyl groups is 1. The van der Waals surface area contributed by atoms with E-state index in [-0.39, 0.29) is 10.6 Å². The third-order valence-corrected chi connectivity index (χ3v) is 4.24. The van der Waals surface area contributed by atoms with E-state index in [4.69, 9.17) is 0 Å². The van der Waals surface area contributed by atoms with Gasteiger partial charge in [0.15, 0.2) is 5.00 Å². The van der Waals surface area contributed by atoms with E-state index >= 15 is 0 Å². The van der Waals surface area contributed by atoms with Gasteiger partial charge in [0.1, 0.15) is 0 Å². The zero-order valence-corrected chi connectivity index (χ0v) is 10.7. The predicted molar refractivity (Wildman–Crippen MR) is 67.6 cm³/mol. The van der Waals surface area contributed by atoms with Gasteiger partial charge in [-0.25, -0.2) is 0 Å². The molecule has 0 amide bonds. The third kappa shape index (κ3) is 2.42. The lowest BCUT2D eigenvalue weighted by Gasteiger charge is -2.19. The molecule has 1 saturated carbocycles. The second kappa shape index (κ2) is 4.62. The van der Waals surface area contributed by atoms with Gasteiger partial charge in [-0.2, -0.15) is 0 Å². The number of nitrogens with zero attached hydrogens (tertiary/aromatic N) is 2. The van der Waals surface area contributed by atoms with Crippen molar-refractivity contribution in [1.82, 2.24) is 0 Å². The minimum Gasteiger partial charge on any atom is -0.388 e. The Morgan fingerprint density at radius 1 is 1.71 bits per heavy atom. The van der Waals surface area contributed by atoms with Crippen molar-refractivity contribution in [2.75, 3.05) is 11.4 Å². The highest BCUT2D eigenvalue weighted by Crippen LogP contribution is 2.44. The first-order chi connectivity index (χ1) is 8.04. The molecule has 1 aromatic rings. The largest absolute Gasteiger partial charge is 0.388 e. The minimum absolute atomic E-state index is 0.125. The fraction of sp³-hybridized carbons (Fsp3) is 0.636. The zero-order valence-electron chi connectivity index (χ0n) is 9.92. The predicted octanol–water partition coefficient (Wildman–Crippen LogP) is 2.70. The molecule has 17 heavy (non-hydrogen) atoms. The Labute approximate surface area is 104 Å². The molecule has 6 heteroatoms. The summed E-state index contributed by atoms with van der Waals surface area (Å²) in [4.78, 5) is 13.4. The van der Waals surface area contributed by atoms with Gasteiger partial charge >= 0.3 is 5.69 Å². The Morgan fingerprint density at radius 3 is 2.76 bits per heavy atom. The molecular formula is C11H16N2O3S. The van der Waals surface area contributed by atoms with Crippen molar-refractivity contribution in [3.63, 3.8) is 0 Å². The summed E-state index contributed by atoms with van der Waals surface area (Å²) in [5, 5.41) is 21.2. The maximum absolute atomic E-state index is 11.0. The van der Waals surface area contributed by atoms with Crippen LogP contribution in [0.2, 0.25) is 0 Å². The summed E-state index contributed by atoms with van der Waals surface area (Å²) in [6, 6.07) is 1.94. The monoisotopic (exact) mass is 256 g/mol. The summed E-state index contributed by atoms with van der Waals surface area (Å²) in [6.07, 6.45) is 1.56. The highest BCUT2D eigenvalue weighted by Gasteiger charge is 2.34. The average molecular weight is 256 g/mol. The number of rotatable bonds is 5. The molecule has 1 N–H and O–H groups in total. The Balaban J connectivity index is 2.38. The van der Waals surface area contributed by atoms with Crippen molar-refractivity contribution in [3.8, 4) is 0 Å². The van der Waals surface area contributed by atoms with E-state index in [2.05, 4.69) is 4.90 Å². The molecule has 1 aromatic heterocycles. The molecule has 1 aliphatic carbocycles. The van der Waals surface area contributed by atoms with Crippen molar-refractivity contribution in [1.29, 1.82) is 0 Å². The second-order valence-corrected chi connectivity index (χ2v) is 5.35. The highest BCUT2D eigenvalue weighted by atomic mass is 32.1. The molecule has 0 spiro atoms. The van der Waals surface area contributed by atoms with Gasteiger partial charge in [0.05, 0.1) is 11.0 Å². The molecule has 1 atom stereocenters. The average Bonchev–Trinajstić information content (AvgIpc) is 2.97. The van der Waals surface area contributed by atoms with Gasteiger partial charge in [0.25, 0.3) is 0 Å². The van der Waals surface area contributed by atoms with Crippen LogP contribution in [0.3, 0.4) is 0 Å². The molecule has 0 unspecified atom stereocenters. The summed E-state index contributed by atoms with van der Waals surface area (Å²) >= 11 is 1.33. The van der Waals surface area contributed by atoms with Gasteiger partial charge in [0, 0.05) is 23.5 Å². The van der Waals surface area contributed by atoms with Crippen LogP contribution >= 0.6 is 11.3 Å². The summed E-state index contributed by atoms with van der Waals surface area (Å²) in [5.74, 6) is 0. The molecule has 1 aliphatic rings. The van der Waals surface area contributed by atoms with E-state index in [1.165, 1.54) is 17.4 Å². The minimum atomic E-state index is -0.648. The van der Waals surface area contributed by atoms with Gasteiger partial charge in [-0.15, -0.1) is 11.3 Å². The van der Waals surface area contributed by atoms with Crippen LogP contribution in [-0.2, 0) is 0 Å². The van der Waals surface area contributed by atoms with Crippen LogP contribution < -0.4 is 4.90 Å². The van der Waals surface area contributed by atoms with Gasteiger partial charge in [-0.05, 0) is 26.7 Å². The van der Waals surface area contributed by atoms with Crippen LogP contribution in [0.25, 0.3) is 0 Å². The molecule has 0 aliphatic heterocycles. The van der Waals surface area contributed by atoms with Gasteiger partial charge in [-0.1, -0.05) is 0 Å². The van der Waals surface area contributed by atoms with E-state index in [1.807, 2.05) is 6.92 Å². The molecule has 2 rings (SSSR count). The number of hydrogen-bond acceptors (Lipinski definition) is 5. The topological polar surface area (TPSA) is 66.6 Å². The van der Waals surface area contributed by atoms with Crippen LogP contribution in [-0.4, -0.2) is 22.6 Å². The second-order valence-electron chi connectivity index (χ2n) is 4.29. The van der Waals surface area contributed by atoms with Crippen LogP contribution in [0, 0.1) is 10.1 Å². The SMILES string of the molecule is CCN(c1sc([C@@H](C)O)cc1[N+](=O)[O-])C1CC1. The quantitative estimate of drug-likeness (QED) is 0.649. The molecule has 5 nitrogen and oxygen atoms in total. The summed E-state index contributed by atoms with van der Waals surface area (Å²) < 4.78 is 0. The van der Waals surface area contributed by atoms with Crippen LogP contribution in [0.15, 0.2) is 6.07 Å². The zero-order chi connectivity index (χ0) is 12.6. The van der Waals surface area contributed by atoms with E-state index in [0.717, 1.165) is 19.4 Å². The molecular weight excluding hydrogens is 240 g/mol. The molecule has 1 heterocycles.